The molecular weight excluding hydrogens is 302 g/mol. The maximum atomic E-state index is 5.96. The van der Waals surface area contributed by atoms with Gasteiger partial charge < -0.3 is 5.32 Å². The first-order valence-corrected chi connectivity index (χ1v) is 8.19. The summed E-state index contributed by atoms with van der Waals surface area (Å²) in [6.45, 7) is 3.10. The van der Waals surface area contributed by atoms with Crippen LogP contribution in [0.4, 0.5) is 5.82 Å². The summed E-state index contributed by atoms with van der Waals surface area (Å²) in [5.41, 5.74) is 1.36. The van der Waals surface area contributed by atoms with Crippen molar-refractivity contribution in [2.24, 2.45) is 0 Å². The first-order chi connectivity index (χ1) is 10.2. The molecule has 0 saturated carbocycles. The molecule has 0 spiro atoms. The highest BCUT2D eigenvalue weighted by Gasteiger charge is 2.09. The third-order valence-electron chi connectivity index (χ3n) is 3.54. The van der Waals surface area contributed by atoms with Crippen molar-refractivity contribution in [1.29, 1.82) is 0 Å². The number of hydrogen-bond donors (Lipinski definition) is 1. The van der Waals surface area contributed by atoms with Crippen LogP contribution in [0.2, 0.25) is 5.28 Å². The second kappa shape index (κ2) is 6.41. The average molecular weight is 318 g/mol. The Morgan fingerprint density at radius 2 is 2.00 bits per heavy atom. The van der Waals surface area contributed by atoms with Gasteiger partial charge in [-0.25, -0.2) is 9.97 Å². The van der Waals surface area contributed by atoms with Crippen LogP contribution in [-0.4, -0.2) is 16.5 Å². The minimum atomic E-state index is 0.295. The summed E-state index contributed by atoms with van der Waals surface area (Å²) in [5, 5.41) is 6.73. The smallest absolute Gasteiger partial charge is 0.225 e. The normalized spacial score (nSPS) is 12.5. The van der Waals surface area contributed by atoms with Crippen molar-refractivity contribution in [2.75, 3.05) is 11.9 Å². The number of benzene rings is 1. The number of nitrogens with zero attached hydrogens (tertiary/aromatic N) is 2. The van der Waals surface area contributed by atoms with Gasteiger partial charge in [0.05, 0.1) is 5.39 Å². The van der Waals surface area contributed by atoms with Crippen LogP contribution < -0.4 is 5.32 Å². The molecule has 1 atom stereocenters. The summed E-state index contributed by atoms with van der Waals surface area (Å²) >= 11 is 7.54. The molecule has 108 valence electrons. The zero-order valence-corrected chi connectivity index (χ0v) is 13.3. The van der Waals surface area contributed by atoms with E-state index < -0.39 is 0 Å². The molecular formula is C16H16ClN3S. The first-order valence-electron chi connectivity index (χ1n) is 6.93. The molecule has 0 aliphatic carbocycles. The Hall–Kier alpha value is -1.65. The largest absolute Gasteiger partial charge is 0.369 e. The summed E-state index contributed by atoms with van der Waals surface area (Å²) in [7, 11) is 0. The summed E-state index contributed by atoms with van der Waals surface area (Å²) in [5.74, 6) is 1.33. The molecule has 2 heterocycles. The van der Waals surface area contributed by atoms with Gasteiger partial charge >= 0.3 is 0 Å². The van der Waals surface area contributed by atoms with Gasteiger partial charge in [0.2, 0.25) is 5.28 Å². The standard InChI is InChI=1S/C16H16ClN3S/c1-11(12-5-3-2-4-6-12)7-9-18-14-13-8-10-21-15(13)20-16(17)19-14/h2-6,8,10-11H,7,9H2,1H3,(H,18,19,20). The summed E-state index contributed by atoms with van der Waals surface area (Å²) < 4.78 is 0. The number of rotatable bonds is 5. The molecule has 2 aromatic heterocycles. The minimum absolute atomic E-state index is 0.295. The van der Waals surface area contributed by atoms with E-state index in [4.69, 9.17) is 11.6 Å². The molecule has 3 aromatic rings. The van der Waals surface area contributed by atoms with Gasteiger partial charge in [-0.2, -0.15) is 0 Å². The van der Waals surface area contributed by atoms with Gasteiger partial charge in [-0.3, -0.25) is 0 Å². The highest BCUT2D eigenvalue weighted by atomic mass is 35.5. The molecule has 0 saturated heterocycles. The van der Waals surface area contributed by atoms with Crippen molar-refractivity contribution >= 4 is 39.0 Å². The molecule has 5 heteroatoms. The van der Waals surface area contributed by atoms with Crippen molar-refractivity contribution in [3.05, 3.63) is 52.6 Å². The number of halogens is 1. The topological polar surface area (TPSA) is 37.8 Å². The molecule has 21 heavy (non-hydrogen) atoms. The number of nitrogens with one attached hydrogen (secondary N) is 1. The maximum absolute atomic E-state index is 5.96. The average Bonchev–Trinajstić information content (AvgIpc) is 2.96. The molecule has 1 aromatic carbocycles. The van der Waals surface area contributed by atoms with Crippen LogP contribution in [0, 0.1) is 0 Å². The van der Waals surface area contributed by atoms with Gasteiger partial charge in [-0.15, -0.1) is 11.3 Å². The van der Waals surface area contributed by atoms with E-state index in [1.165, 1.54) is 5.56 Å². The van der Waals surface area contributed by atoms with E-state index in [1.54, 1.807) is 11.3 Å². The second-order valence-electron chi connectivity index (χ2n) is 5.01. The number of anilines is 1. The predicted molar refractivity (Wildman–Crippen MR) is 90.4 cm³/mol. The predicted octanol–water partition coefficient (Wildman–Crippen LogP) is 4.95. The van der Waals surface area contributed by atoms with E-state index in [0.29, 0.717) is 11.2 Å². The van der Waals surface area contributed by atoms with Crippen LogP contribution in [0.15, 0.2) is 41.8 Å². The van der Waals surface area contributed by atoms with Crippen LogP contribution >= 0.6 is 22.9 Å². The Labute approximate surface area is 133 Å². The highest BCUT2D eigenvalue weighted by molar-refractivity contribution is 7.16. The van der Waals surface area contributed by atoms with Gasteiger partial charge in [0.15, 0.2) is 0 Å². The van der Waals surface area contributed by atoms with E-state index in [2.05, 4.69) is 46.5 Å². The summed E-state index contributed by atoms with van der Waals surface area (Å²) in [6, 6.07) is 12.6. The maximum Gasteiger partial charge on any atom is 0.225 e. The van der Waals surface area contributed by atoms with E-state index in [-0.39, 0.29) is 0 Å². The Morgan fingerprint density at radius 1 is 1.19 bits per heavy atom. The van der Waals surface area contributed by atoms with E-state index in [0.717, 1.165) is 29.0 Å². The Balaban J connectivity index is 1.66. The molecule has 0 fully saturated rings. The first kappa shape index (κ1) is 14.3. The third-order valence-corrected chi connectivity index (χ3v) is 4.51. The lowest BCUT2D eigenvalue weighted by Gasteiger charge is -2.13. The van der Waals surface area contributed by atoms with Gasteiger partial charge in [-0.05, 0) is 40.9 Å². The SMILES string of the molecule is CC(CCNc1nc(Cl)nc2sccc12)c1ccccc1. The molecule has 1 N–H and O–H groups in total. The van der Waals surface area contributed by atoms with Gasteiger partial charge in [0, 0.05) is 6.54 Å². The van der Waals surface area contributed by atoms with Crippen LogP contribution in [-0.2, 0) is 0 Å². The summed E-state index contributed by atoms with van der Waals surface area (Å²) in [6.07, 6.45) is 1.04. The molecule has 0 amide bonds. The lowest BCUT2D eigenvalue weighted by molar-refractivity contribution is 0.705. The second-order valence-corrected chi connectivity index (χ2v) is 6.24. The lowest BCUT2D eigenvalue weighted by atomic mass is 9.98. The summed E-state index contributed by atoms with van der Waals surface area (Å²) in [4.78, 5) is 9.44. The quantitative estimate of drug-likeness (QED) is 0.676. The Bertz CT molecular complexity index is 727. The third kappa shape index (κ3) is 3.34. The highest BCUT2D eigenvalue weighted by Crippen LogP contribution is 2.27. The van der Waals surface area contributed by atoms with Crippen molar-refractivity contribution < 1.29 is 0 Å². The minimum Gasteiger partial charge on any atom is -0.369 e. The molecule has 3 nitrogen and oxygen atoms in total. The van der Waals surface area contributed by atoms with Crippen molar-refractivity contribution in [1.82, 2.24) is 9.97 Å². The van der Waals surface area contributed by atoms with Crippen LogP contribution in [0.5, 0.6) is 0 Å². The van der Waals surface area contributed by atoms with Gasteiger partial charge in [-0.1, -0.05) is 37.3 Å². The number of hydrogen-bond acceptors (Lipinski definition) is 4. The van der Waals surface area contributed by atoms with Crippen molar-refractivity contribution in [2.45, 2.75) is 19.3 Å². The molecule has 0 radical (unpaired) electrons. The van der Waals surface area contributed by atoms with Crippen molar-refractivity contribution in [3.8, 4) is 0 Å². The molecule has 0 bridgehead atoms. The van der Waals surface area contributed by atoms with E-state index >= 15 is 0 Å². The number of aromatic nitrogens is 2. The molecule has 0 aliphatic rings. The fourth-order valence-corrected chi connectivity index (χ4v) is 3.30. The number of thiophene rings is 1. The van der Waals surface area contributed by atoms with Gasteiger partial charge in [0.25, 0.3) is 0 Å². The van der Waals surface area contributed by atoms with Crippen LogP contribution in [0.3, 0.4) is 0 Å². The fourth-order valence-electron chi connectivity index (χ4n) is 2.32. The zero-order chi connectivity index (χ0) is 14.7. The van der Waals surface area contributed by atoms with E-state index in [9.17, 15) is 0 Å². The zero-order valence-electron chi connectivity index (χ0n) is 11.7. The van der Waals surface area contributed by atoms with Crippen LogP contribution in [0.25, 0.3) is 10.2 Å². The molecule has 3 rings (SSSR count). The number of fused-ring (bicyclic) bond motifs is 1. The fraction of sp³-hybridized carbons (Fsp3) is 0.250. The van der Waals surface area contributed by atoms with Gasteiger partial charge in [0.1, 0.15) is 10.6 Å². The monoisotopic (exact) mass is 317 g/mol. The Morgan fingerprint density at radius 3 is 2.81 bits per heavy atom. The van der Waals surface area contributed by atoms with Crippen molar-refractivity contribution in [3.63, 3.8) is 0 Å². The Kier molecular flexibility index (Phi) is 4.36. The molecule has 0 aliphatic heterocycles. The lowest BCUT2D eigenvalue weighted by Crippen LogP contribution is -2.07. The van der Waals surface area contributed by atoms with E-state index in [1.807, 2.05) is 17.5 Å². The van der Waals surface area contributed by atoms with Crippen LogP contribution in [0.1, 0.15) is 24.8 Å². The molecule has 1 unspecified atom stereocenters.